The van der Waals surface area contributed by atoms with E-state index in [1.165, 1.54) is 4.80 Å². The van der Waals surface area contributed by atoms with Crippen molar-refractivity contribution in [3.8, 4) is 22.9 Å². The number of ether oxygens (including phenoxy) is 2. The van der Waals surface area contributed by atoms with Crippen molar-refractivity contribution in [2.75, 3.05) is 24.9 Å². The van der Waals surface area contributed by atoms with Crippen molar-refractivity contribution < 1.29 is 19.1 Å². The molecule has 0 aliphatic rings. The van der Waals surface area contributed by atoms with Crippen molar-refractivity contribution in [2.24, 2.45) is 0 Å². The van der Waals surface area contributed by atoms with Crippen LogP contribution in [-0.4, -0.2) is 46.2 Å². The van der Waals surface area contributed by atoms with Crippen LogP contribution in [0.1, 0.15) is 10.4 Å². The van der Waals surface area contributed by atoms with Crippen LogP contribution in [0.5, 0.6) is 11.5 Å². The first-order valence-electron chi connectivity index (χ1n) is 10.3. The summed E-state index contributed by atoms with van der Waals surface area (Å²) in [5, 5.41) is 17.9. The molecule has 1 aromatic heterocycles. The Bertz CT molecular complexity index is 1290. The SMILES string of the molecule is COc1ccc(NC(=O)Cn2nnc(-c3ccccc3NC(=O)c3ccc(OC)cc3)n2)cc1. The lowest BCUT2D eigenvalue weighted by molar-refractivity contribution is -0.117. The molecular weight excluding hydrogens is 436 g/mol. The highest BCUT2D eigenvalue weighted by Crippen LogP contribution is 2.25. The van der Waals surface area contributed by atoms with Gasteiger partial charge in [-0.15, -0.1) is 10.2 Å². The van der Waals surface area contributed by atoms with Crippen molar-refractivity contribution in [1.29, 1.82) is 0 Å². The normalized spacial score (nSPS) is 10.4. The van der Waals surface area contributed by atoms with Crippen molar-refractivity contribution in [3.05, 3.63) is 78.4 Å². The van der Waals surface area contributed by atoms with Crippen molar-refractivity contribution in [2.45, 2.75) is 6.54 Å². The Labute approximate surface area is 195 Å². The predicted octanol–water partition coefficient (Wildman–Crippen LogP) is 3.25. The lowest BCUT2D eigenvalue weighted by Crippen LogP contribution is -2.20. The number of hydrogen-bond donors (Lipinski definition) is 2. The number of para-hydroxylation sites is 1. The fraction of sp³-hybridized carbons (Fsp3) is 0.125. The van der Waals surface area contributed by atoms with E-state index in [1.54, 1.807) is 87.0 Å². The summed E-state index contributed by atoms with van der Waals surface area (Å²) in [6.45, 7) is -0.126. The number of methoxy groups -OCH3 is 2. The van der Waals surface area contributed by atoms with Gasteiger partial charge < -0.3 is 20.1 Å². The summed E-state index contributed by atoms with van der Waals surface area (Å²) in [7, 11) is 3.14. The third kappa shape index (κ3) is 5.36. The number of amides is 2. The Morgan fingerprint density at radius 3 is 2.18 bits per heavy atom. The Morgan fingerprint density at radius 1 is 0.853 bits per heavy atom. The van der Waals surface area contributed by atoms with E-state index in [2.05, 4.69) is 26.0 Å². The number of nitrogens with one attached hydrogen (secondary N) is 2. The molecular formula is C24H22N6O4. The molecule has 2 amide bonds. The largest absolute Gasteiger partial charge is 0.497 e. The van der Waals surface area contributed by atoms with Crippen LogP contribution in [0.25, 0.3) is 11.4 Å². The lowest BCUT2D eigenvalue weighted by atomic mass is 10.1. The molecule has 172 valence electrons. The first kappa shape index (κ1) is 22.5. The van der Waals surface area contributed by atoms with Gasteiger partial charge in [-0.2, -0.15) is 4.80 Å². The van der Waals surface area contributed by atoms with Gasteiger partial charge in [0.05, 0.1) is 19.9 Å². The van der Waals surface area contributed by atoms with Crippen molar-refractivity contribution in [3.63, 3.8) is 0 Å². The number of rotatable bonds is 8. The molecule has 0 unspecified atom stereocenters. The minimum absolute atomic E-state index is 0.126. The molecule has 0 fully saturated rings. The van der Waals surface area contributed by atoms with Crippen LogP contribution in [-0.2, 0) is 11.3 Å². The Morgan fingerprint density at radius 2 is 1.50 bits per heavy atom. The summed E-state index contributed by atoms with van der Waals surface area (Å²) < 4.78 is 10.2. The molecule has 10 heteroatoms. The maximum atomic E-state index is 12.7. The van der Waals surface area contributed by atoms with E-state index >= 15 is 0 Å². The van der Waals surface area contributed by atoms with Crippen LogP contribution in [0.4, 0.5) is 11.4 Å². The molecule has 0 atom stereocenters. The van der Waals surface area contributed by atoms with E-state index < -0.39 is 0 Å². The molecule has 0 bridgehead atoms. The minimum atomic E-state index is -0.310. The van der Waals surface area contributed by atoms with Gasteiger partial charge in [-0.25, -0.2) is 0 Å². The van der Waals surface area contributed by atoms with Gasteiger partial charge in [0.15, 0.2) is 0 Å². The monoisotopic (exact) mass is 458 g/mol. The van der Waals surface area contributed by atoms with Gasteiger partial charge in [0.2, 0.25) is 11.7 Å². The second-order valence-corrected chi connectivity index (χ2v) is 7.15. The molecule has 0 saturated carbocycles. The predicted molar refractivity (Wildman–Crippen MR) is 126 cm³/mol. The highest BCUT2D eigenvalue weighted by atomic mass is 16.5. The van der Waals surface area contributed by atoms with E-state index in [1.807, 2.05) is 0 Å². The Balaban J connectivity index is 1.44. The number of carbonyl (C=O) groups is 2. The van der Waals surface area contributed by atoms with Gasteiger partial charge in [-0.3, -0.25) is 9.59 Å². The average Bonchev–Trinajstić information content (AvgIpc) is 3.33. The highest BCUT2D eigenvalue weighted by molar-refractivity contribution is 6.06. The Hall–Kier alpha value is -4.73. The van der Waals surface area contributed by atoms with Gasteiger partial charge in [0.25, 0.3) is 5.91 Å². The molecule has 0 radical (unpaired) electrons. The van der Waals surface area contributed by atoms with Crippen LogP contribution in [0.15, 0.2) is 72.8 Å². The first-order chi connectivity index (χ1) is 16.6. The third-order valence-electron chi connectivity index (χ3n) is 4.88. The van der Waals surface area contributed by atoms with E-state index in [-0.39, 0.29) is 24.2 Å². The van der Waals surface area contributed by atoms with Crippen molar-refractivity contribution >= 4 is 23.2 Å². The van der Waals surface area contributed by atoms with Crippen LogP contribution >= 0.6 is 0 Å². The minimum Gasteiger partial charge on any atom is -0.497 e. The maximum absolute atomic E-state index is 12.7. The summed E-state index contributed by atoms with van der Waals surface area (Å²) in [5.74, 6) is 1.03. The molecule has 0 saturated heterocycles. The zero-order valence-electron chi connectivity index (χ0n) is 18.6. The summed E-state index contributed by atoms with van der Waals surface area (Å²) >= 11 is 0. The summed E-state index contributed by atoms with van der Waals surface area (Å²) in [6.07, 6.45) is 0. The fourth-order valence-electron chi connectivity index (χ4n) is 3.15. The molecule has 1 heterocycles. The number of carbonyl (C=O) groups excluding carboxylic acids is 2. The van der Waals surface area contributed by atoms with Crippen LogP contribution in [0.3, 0.4) is 0 Å². The number of benzene rings is 3. The number of nitrogens with zero attached hydrogens (tertiary/aromatic N) is 4. The maximum Gasteiger partial charge on any atom is 0.255 e. The van der Waals surface area contributed by atoms with Gasteiger partial charge in [-0.05, 0) is 65.9 Å². The van der Waals surface area contributed by atoms with E-state index in [9.17, 15) is 9.59 Å². The number of aromatic nitrogens is 4. The van der Waals surface area contributed by atoms with Gasteiger partial charge in [0.1, 0.15) is 18.0 Å². The summed E-state index contributed by atoms with van der Waals surface area (Å²) in [6, 6.07) is 20.8. The van der Waals surface area contributed by atoms with E-state index in [0.29, 0.717) is 34.0 Å². The molecule has 34 heavy (non-hydrogen) atoms. The highest BCUT2D eigenvalue weighted by Gasteiger charge is 2.15. The second kappa shape index (κ2) is 10.3. The molecule has 10 nitrogen and oxygen atoms in total. The zero-order chi connectivity index (χ0) is 23.9. The molecule has 4 rings (SSSR count). The smallest absolute Gasteiger partial charge is 0.255 e. The fourth-order valence-corrected chi connectivity index (χ4v) is 3.15. The standard InChI is InChI=1S/C24H22N6O4/c1-33-18-11-7-16(8-12-18)24(32)26-21-6-4-3-5-20(21)23-27-29-30(28-23)15-22(31)25-17-9-13-19(34-2)14-10-17/h3-14H,15H2,1-2H3,(H,25,31)(H,26,32). The van der Waals surface area contributed by atoms with Gasteiger partial charge in [0, 0.05) is 16.8 Å². The van der Waals surface area contributed by atoms with E-state index in [0.717, 1.165) is 0 Å². The van der Waals surface area contributed by atoms with Crippen LogP contribution in [0.2, 0.25) is 0 Å². The van der Waals surface area contributed by atoms with Crippen molar-refractivity contribution in [1.82, 2.24) is 20.2 Å². The topological polar surface area (TPSA) is 120 Å². The summed E-state index contributed by atoms with van der Waals surface area (Å²) in [4.78, 5) is 26.2. The Kier molecular flexibility index (Phi) is 6.78. The van der Waals surface area contributed by atoms with Gasteiger partial charge in [-0.1, -0.05) is 12.1 Å². The van der Waals surface area contributed by atoms with E-state index in [4.69, 9.17) is 9.47 Å². The summed E-state index contributed by atoms with van der Waals surface area (Å²) in [5.41, 5.74) is 2.19. The second-order valence-electron chi connectivity index (χ2n) is 7.15. The molecule has 0 spiro atoms. The quantitative estimate of drug-likeness (QED) is 0.416. The number of anilines is 2. The molecule has 4 aromatic rings. The molecule has 2 N–H and O–H groups in total. The number of tetrazole rings is 1. The average molecular weight is 458 g/mol. The molecule has 3 aromatic carbocycles. The van der Waals surface area contributed by atoms with Crippen LogP contribution in [0, 0.1) is 0 Å². The molecule has 0 aliphatic carbocycles. The third-order valence-corrected chi connectivity index (χ3v) is 4.88. The number of hydrogen-bond acceptors (Lipinski definition) is 7. The first-order valence-corrected chi connectivity index (χ1v) is 10.3. The molecule has 0 aliphatic heterocycles. The van der Waals surface area contributed by atoms with Gasteiger partial charge >= 0.3 is 0 Å². The van der Waals surface area contributed by atoms with Crippen LogP contribution < -0.4 is 20.1 Å². The lowest BCUT2D eigenvalue weighted by Gasteiger charge is -2.09. The zero-order valence-corrected chi connectivity index (χ0v) is 18.6.